The highest BCUT2D eigenvalue weighted by atomic mass is 35.5. The minimum Gasteiger partial charge on any atom is -0.497 e. The van der Waals surface area contributed by atoms with Crippen LogP contribution >= 0.6 is 11.6 Å². The Kier molecular flexibility index (Phi) is 7.25. The molecule has 2 aromatic carbocycles. The van der Waals surface area contributed by atoms with Gasteiger partial charge in [-0.15, -0.1) is 0 Å². The number of aryl methyl sites for hydroxylation is 1. The van der Waals surface area contributed by atoms with Crippen LogP contribution in [0.15, 0.2) is 79.0 Å². The largest absolute Gasteiger partial charge is 0.497 e. The molecule has 0 saturated heterocycles. The van der Waals surface area contributed by atoms with Gasteiger partial charge in [0.15, 0.2) is 0 Å². The summed E-state index contributed by atoms with van der Waals surface area (Å²) >= 11 is 6.06. The summed E-state index contributed by atoms with van der Waals surface area (Å²) < 4.78 is 7.41. The predicted molar refractivity (Wildman–Crippen MR) is 133 cm³/mol. The minimum atomic E-state index is 0.738. The fourth-order valence-corrected chi connectivity index (χ4v) is 3.91. The maximum atomic E-state index is 6.06. The van der Waals surface area contributed by atoms with E-state index in [0.29, 0.717) is 0 Å². The van der Waals surface area contributed by atoms with E-state index in [1.165, 1.54) is 5.56 Å². The Morgan fingerprint density at radius 3 is 2.56 bits per heavy atom. The van der Waals surface area contributed by atoms with E-state index in [4.69, 9.17) is 21.3 Å². The second-order valence-corrected chi connectivity index (χ2v) is 8.32. The van der Waals surface area contributed by atoms with Crippen molar-refractivity contribution in [2.24, 2.45) is 0 Å². The highest BCUT2D eigenvalue weighted by Crippen LogP contribution is 2.26. The van der Waals surface area contributed by atoms with Gasteiger partial charge in [0.1, 0.15) is 11.6 Å². The normalized spacial score (nSPS) is 11.6. The summed E-state index contributed by atoms with van der Waals surface area (Å²) in [5, 5.41) is 0.738. The van der Waals surface area contributed by atoms with Gasteiger partial charge in [0.25, 0.3) is 0 Å². The van der Waals surface area contributed by atoms with Crippen LogP contribution in [0, 0.1) is 0 Å². The first-order valence-electron chi connectivity index (χ1n) is 10.8. The summed E-state index contributed by atoms with van der Waals surface area (Å²) in [5.74, 6) is 1.97. The van der Waals surface area contributed by atoms with E-state index in [0.717, 1.165) is 59.3 Å². The van der Waals surface area contributed by atoms with E-state index in [1.807, 2.05) is 36.4 Å². The molecule has 32 heavy (non-hydrogen) atoms. The van der Waals surface area contributed by atoms with Gasteiger partial charge < -0.3 is 14.0 Å². The van der Waals surface area contributed by atoms with Crippen LogP contribution in [0.4, 0.5) is 0 Å². The maximum Gasteiger partial charge on any atom is 0.118 e. The van der Waals surface area contributed by atoms with E-state index in [1.54, 1.807) is 7.11 Å². The Hall–Kier alpha value is -3.08. The molecule has 0 N–H and O–H groups in total. The summed E-state index contributed by atoms with van der Waals surface area (Å²) in [6.45, 7) is 1.91. The van der Waals surface area contributed by atoms with Crippen molar-refractivity contribution in [3.05, 3.63) is 95.4 Å². The van der Waals surface area contributed by atoms with Crippen molar-refractivity contribution in [3.8, 4) is 17.0 Å². The van der Waals surface area contributed by atoms with Gasteiger partial charge in [0, 0.05) is 29.7 Å². The number of pyridine rings is 1. The van der Waals surface area contributed by atoms with Crippen molar-refractivity contribution in [2.45, 2.75) is 12.8 Å². The van der Waals surface area contributed by atoms with Crippen LogP contribution in [-0.2, 0) is 6.42 Å². The molecule has 0 bridgehead atoms. The lowest BCUT2D eigenvalue weighted by Gasteiger charge is -2.13. The van der Waals surface area contributed by atoms with Gasteiger partial charge in [-0.25, -0.2) is 4.98 Å². The van der Waals surface area contributed by atoms with Gasteiger partial charge in [-0.3, -0.25) is 0 Å². The molecule has 4 aromatic rings. The Balaban J connectivity index is 1.35. The summed E-state index contributed by atoms with van der Waals surface area (Å²) in [6.07, 6.45) is 8.41. The zero-order chi connectivity index (χ0) is 22.3. The number of ether oxygens (including phenoxy) is 1. The zero-order valence-electron chi connectivity index (χ0n) is 18.5. The first kappa shape index (κ1) is 22.1. The van der Waals surface area contributed by atoms with Crippen molar-refractivity contribution in [3.63, 3.8) is 0 Å². The molecule has 0 aliphatic heterocycles. The number of fused-ring (bicyclic) bond motifs is 1. The highest BCUT2D eigenvalue weighted by molar-refractivity contribution is 6.30. The van der Waals surface area contributed by atoms with Crippen LogP contribution < -0.4 is 4.74 Å². The van der Waals surface area contributed by atoms with Crippen molar-refractivity contribution in [1.29, 1.82) is 0 Å². The highest BCUT2D eigenvalue weighted by Gasteiger charge is 2.12. The van der Waals surface area contributed by atoms with E-state index in [9.17, 15) is 0 Å². The molecule has 4 nitrogen and oxygen atoms in total. The van der Waals surface area contributed by atoms with Crippen molar-refractivity contribution in [1.82, 2.24) is 14.3 Å². The van der Waals surface area contributed by atoms with Crippen LogP contribution in [0.3, 0.4) is 0 Å². The summed E-state index contributed by atoms with van der Waals surface area (Å²) in [4.78, 5) is 7.31. The van der Waals surface area contributed by atoms with Gasteiger partial charge in [-0.1, -0.05) is 54.1 Å². The number of methoxy groups -OCH3 is 1. The average molecular weight is 446 g/mol. The number of rotatable bonds is 9. The Morgan fingerprint density at radius 2 is 1.81 bits per heavy atom. The molecule has 0 saturated carbocycles. The topological polar surface area (TPSA) is 29.8 Å². The van der Waals surface area contributed by atoms with Gasteiger partial charge in [0.05, 0.1) is 18.3 Å². The molecule has 0 unspecified atom stereocenters. The standard InChI is InChI=1S/C27H28ClN3O/c1-30(18-5-7-21-10-16-24(32-2)17-11-21)19-6-9-26-29-27(22-12-14-23(28)15-13-22)25-8-3-4-20-31(25)26/h3-5,7-8,10-17,20H,6,9,18-19H2,1-2H3/b7-5+. The molecule has 0 radical (unpaired) electrons. The van der Waals surface area contributed by atoms with Gasteiger partial charge >= 0.3 is 0 Å². The second-order valence-electron chi connectivity index (χ2n) is 7.88. The molecule has 0 atom stereocenters. The van der Waals surface area contributed by atoms with Crippen LogP contribution in [0.2, 0.25) is 5.02 Å². The van der Waals surface area contributed by atoms with Gasteiger partial charge in [-0.05, 0) is 62.0 Å². The second kappa shape index (κ2) is 10.5. The Bertz CT molecular complexity index is 1180. The third-order valence-corrected chi connectivity index (χ3v) is 5.77. The fourth-order valence-electron chi connectivity index (χ4n) is 3.78. The number of benzene rings is 2. The first-order valence-corrected chi connectivity index (χ1v) is 11.2. The van der Waals surface area contributed by atoms with Crippen LogP contribution in [0.5, 0.6) is 5.75 Å². The predicted octanol–water partition coefficient (Wildman–Crippen LogP) is 6.24. The molecule has 5 heteroatoms. The molecule has 0 aliphatic rings. The number of nitrogens with zero attached hydrogens (tertiary/aromatic N) is 3. The summed E-state index contributed by atoms with van der Waals surface area (Å²) in [6, 6.07) is 22.2. The minimum absolute atomic E-state index is 0.738. The van der Waals surface area contributed by atoms with Crippen molar-refractivity contribution < 1.29 is 4.74 Å². The molecular formula is C27H28ClN3O. The summed E-state index contributed by atoms with van der Waals surface area (Å²) in [5.41, 5.74) is 4.40. The molecule has 0 spiro atoms. The third kappa shape index (κ3) is 5.39. The van der Waals surface area contributed by atoms with Crippen molar-refractivity contribution >= 4 is 23.2 Å². The first-order chi connectivity index (χ1) is 15.6. The fraction of sp³-hybridized carbons (Fsp3) is 0.222. The molecular weight excluding hydrogens is 418 g/mol. The molecule has 2 aromatic heterocycles. The lowest BCUT2D eigenvalue weighted by atomic mass is 10.1. The van der Waals surface area contributed by atoms with Crippen LogP contribution in [0.1, 0.15) is 17.8 Å². The maximum absolute atomic E-state index is 6.06. The lowest BCUT2D eigenvalue weighted by molar-refractivity contribution is 0.363. The smallest absolute Gasteiger partial charge is 0.118 e. The van der Waals surface area contributed by atoms with Gasteiger partial charge in [-0.2, -0.15) is 0 Å². The Labute approximate surface area is 194 Å². The quantitative estimate of drug-likeness (QED) is 0.305. The molecule has 4 rings (SSSR count). The summed E-state index contributed by atoms with van der Waals surface area (Å²) in [7, 11) is 3.84. The monoisotopic (exact) mass is 445 g/mol. The molecule has 0 aliphatic carbocycles. The van der Waals surface area contributed by atoms with Gasteiger partial charge in [0.2, 0.25) is 0 Å². The number of imidazole rings is 1. The number of likely N-dealkylation sites (N-methyl/N-ethyl adjacent to an activating group) is 1. The average Bonchev–Trinajstić information content (AvgIpc) is 3.19. The number of aromatic nitrogens is 2. The van der Waals surface area contributed by atoms with E-state index < -0.39 is 0 Å². The van der Waals surface area contributed by atoms with E-state index >= 15 is 0 Å². The van der Waals surface area contributed by atoms with Crippen molar-refractivity contribution in [2.75, 3.05) is 27.2 Å². The molecule has 0 fully saturated rings. The molecule has 0 amide bonds. The molecule has 2 heterocycles. The Morgan fingerprint density at radius 1 is 1.03 bits per heavy atom. The SMILES string of the molecule is COc1ccc(/C=C/CN(C)CCCc2nc(-c3ccc(Cl)cc3)c3ccccn23)cc1. The van der Waals surface area contributed by atoms with Crippen LogP contribution in [0.25, 0.3) is 22.9 Å². The number of halogens is 1. The number of hydrogen-bond donors (Lipinski definition) is 0. The van der Waals surface area contributed by atoms with Crippen LogP contribution in [-0.4, -0.2) is 41.5 Å². The van der Waals surface area contributed by atoms with E-state index in [-0.39, 0.29) is 0 Å². The molecule has 164 valence electrons. The third-order valence-electron chi connectivity index (χ3n) is 5.52. The van der Waals surface area contributed by atoms with E-state index in [2.05, 4.69) is 65.0 Å². The number of hydrogen-bond acceptors (Lipinski definition) is 3. The lowest BCUT2D eigenvalue weighted by Crippen LogP contribution is -2.20. The zero-order valence-corrected chi connectivity index (χ0v) is 19.3.